The second-order valence-corrected chi connectivity index (χ2v) is 4.37. The molecule has 2 heterocycles. The van der Waals surface area contributed by atoms with E-state index in [2.05, 4.69) is 4.98 Å². The molecule has 1 N–H and O–H groups in total. The van der Waals surface area contributed by atoms with Gasteiger partial charge in [0.2, 0.25) is 5.88 Å². The van der Waals surface area contributed by atoms with Crippen molar-refractivity contribution in [2.75, 3.05) is 7.11 Å². The van der Waals surface area contributed by atoms with E-state index in [0.29, 0.717) is 5.69 Å². The molecule has 0 saturated heterocycles. The van der Waals surface area contributed by atoms with E-state index in [1.807, 2.05) is 49.4 Å². The summed E-state index contributed by atoms with van der Waals surface area (Å²) in [6, 6.07) is 13.2. The van der Waals surface area contributed by atoms with Crippen LogP contribution in [0.4, 0.5) is 0 Å². The summed E-state index contributed by atoms with van der Waals surface area (Å²) in [5, 5.41) is 10.3. The number of ether oxygens (including phenoxy) is 1. The summed E-state index contributed by atoms with van der Waals surface area (Å²) in [6.07, 6.45) is 0. The Morgan fingerprint density at radius 1 is 1.11 bits per heavy atom. The van der Waals surface area contributed by atoms with E-state index in [-0.39, 0.29) is 5.88 Å². The number of benzene rings is 1. The van der Waals surface area contributed by atoms with Gasteiger partial charge in [-0.2, -0.15) is 0 Å². The van der Waals surface area contributed by atoms with Gasteiger partial charge in [0.25, 0.3) is 0 Å². The first-order valence-electron chi connectivity index (χ1n) is 6.02. The summed E-state index contributed by atoms with van der Waals surface area (Å²) < 4.78 is 6.86. The number of hydrogen-bond donors (Lipinski definition) is 1. The van der Waals surface area contributed by atoms with Crippen LogP contribution in [0.15, 0.2) is 42.5 Å². The van der Waals surface area contributed by atoms with Gasteiger partial charge in [-0.3, -0.25) is 4.40 Å². The number of aryl methyl sites for hydroxylation is 1. The minimum Gasteiger partial charge on any atom is -0.497 e. The van der Waals surface area contributed by atoms with Crippen LogP contribution >= 0.6 is 0 Å². The molecule has 0 saturated carbocycles. The molecular formula is C15H14N2O2. The summed E-state index contributed by atoms with van der Waals surface area (Å²) in [5.41, 5.74) is 3.13. The minimum atomic E-state index is 0.165. The number of methoxy groups -OCH3 is 1. The van der Waals surface area contributed by atoms with Gasteiger partial charge < -0.3 is 9.84 Å². The van der Waals surface area contributed by atoms with Gasteiger partial charge in [0, 0.05) is 11.3 Å². The van der Waals surface area contributed by atoms with Crippen LogP contribution < -0.4 is 4.74 Å². The molecule has 0 aliphatic rings. The van der Waals surface area contributed by atoms with Crippen molar-refractivity contribution < 1.29 is 9.84 Å². The van der Waals surface area contributed by atoms with Crippen molar-refractivity contribution in [1.29, 1.82) is 0 Å². The number of pyridine rings is 1. The molecule has 2 aromatic heterocycles. The molecule has 0 fully saturated rings. The first-order chi connectivity index (χ1) is 9.20. The van der Waals surface area contributed by atoms with Gasteiger partial charge in [-0.05, 0) is 43.3 Å². The highest BCUT2D eigenvalue weighted by Crippen LogP contribution is 2.31. The van der Waals surface area contributed by atoms with Crippen molar-refractivity contribution in [1.82, 2.24) is 9.38 Å². The first kappa shape index (κ1) is 11.6. The Bertz CT molecular complexity index is 730. The van der Waals surface area contributed by atoms with Crippen molar-refractivity contribution in [3.8, 4) is 22.9 Å². The van der Waals surface area contributed by atoms with E-state index in [0.717, 1.165) is 22.7 Å². The smallest absolute Gasteiger partial charge is 0.224 e. The fraction of sp³-hybridized carbons (Fsp3) is 0.133. The molecule has 0 spiro atoms. The number of rotatable bonds is 2. The molecule has 4 heteroatoms. The Morgan fingerprint density at radius 3 is 2.47 bits per heavy atom. The SMILES string of the molecule is COc1ccc(-c2nc3cccc(C)n3c2O)cc1. The summed E-state index contributed by atoms with van der Waals surface area (Å²) in [5.74, 6) is 0.946. The number of hydrogen-bond acceptors (Lipinski definition) is 3. The molecule has 0 radical (unpaired) electrons. The molecule has 0 atom stereocenters. The zero-order valence-corrected chi connectivity index (χ0v) is 10.8. The van der Waals surface area contributed by atoms with E-state index in [4.69, 9.17) is 4.74 Å². The van der Waals surface area contributed by atoms with Crippen LogP contribution in [0.3, 0.4) is 0 Å². The highest BCUT2D eigenvalue weighted by atomic mass is 16.5. The number of aromatic hydroxyl groups is 1. The van der Waals surface area contributed by atoms with Crippen LogP contribution in [0, 0.1) is 6.92 Å². The van der Waals surface area contributed by atoms with E-state index < -0.39 is 0 Å². The fourth-order valence-electron chi connectivity index (χ4n) is 2.18. The molecular weight excluding hydrogens is 240 g/mol. The third-order valence-corrected chi connectivity index (χ3v) is 3.18. The predicted octanol–water partition coefficient (Wildman–Crippen LogP) is 3.02. The number of nitrogens with zero attached hydrogens (tertiary/aromatic N) is 2. The highest BCUT2D eigenvalue weighted by Gasteiger charge is 2.13. The lowest BCUT2D eigenvalue weighted by atomic mass is 10.1. The Balaban J connectivity index is 2.19. The van der Waals surface area contributed by atoms with E-state index in [9.17, 15) is 5.11 Å². The third kappa shape index (κ3) is 1.81. The topological polar surface area (TPSA) is 46.8 Å². The predicted molar refractivity (Wildman–Crippen MR) is 73.6 cm³/mol. The lowest BCUT2D eigenvalue weighted by Crippen LogP contribution is -1.88. The molecule has 0 amide bonds. The standard InChI is InChI=1S/C15H14N2O2/c1-10-4-3-5-13-16-14(15(18)17(10)13)11-6-8-12(19-2)9-7-11/h3-9,18H,1-2H3. The van der Waals surface area contributed by atoms with Gasteiger partial charge in [-0.1, -0.05) is 6.07 Å². The second kappa shape index (κ2) is 4.31. The van der Waals surface area contributed by atoms with Gasteiger partial charge in [-0.25, -0.2) is 4.98 Å². The Morgan fingerprint density at radius 2 is 1.84 bits per heavy atom. The maximum Gasteiger partial charge on any atom is 0.224 e. The number of fused-ring (bicyclic) bond motifs is 1. The zero-order valence-electron chi connectivity index (χ0n) is 10.8. The summed E-state index contributed by atoms with van der Waals surface area (Å²) >= 11 is 0. The largest absolute Gasteiger partial charge is 0.497 e. The molecule has 96 valence electrons. The number of aromatic nitrogens is 2. The van der Waals surface area contributed by atoms with Crippen molar-refractivity contribution >= 4 is 5.65 Å². The van der Waals surface area contributed by atoms with Crippen LogP contribution in [0.1, 0.15) is 5.69 Å². The maximum absolute atomic E-state index is 10.3. The molecule has 1 aromatic carbocycles. The third-order valence-electron chi connectivity index (χ3n) is 3.18. The van der Waals surface area contributed by atoms with Crippen molar-refractivity contribution in [2.24, 2.45) is 0 Å². The number of imidazole rings is 1. The fourth-order valence-corrected chi connectivity index (χ4v) is 2.18. The normalized spacial score (nSPS) is 10.8. The first-order valence-corrected chi connectivity index (χ1v) is 6.02. The van der Waals surface area contributed by atoms with Crippen molar-refractivity contribution in [3.63, 3.8) is 0 Å². The average Bonchev–Trinajstić information content (AvgIpc) is 2.78. The quantitative estimate of drug-likeness (QED) is 0.764. The molecule has 3 rings (SSSR count). The summed E-state index contributed by atoms with van der Waals surface area (Å²) in [4.78, 5) is 4.47. The van der Waals surface area contributed by atoms with Gasteiger partial charge in [0.05, 0.1) is 7.11 Å². The van der Waals surface area contributed by atoms with Crippen LogP contribution in [0.2, 0.25) is 0 Å². The molecule has 0 aliphatic carbocycles. The molecule has 0 aliphatic heterocycles. The molecule has 4 nitrogen and oxygen atoms in total. The molecule has 3 aromatic rings. The molecule has 0 bridgehead atoms. The van der Waals surface area contributed by atoms with Crippen LogP contribution in [0.25, 0.3) is 16.9 Å². The monoisotopic (exact) mass is 254 g/mol. The van der Waals surface area contributed by atoms with Gasteiger partial charge >= 0.3 is 0 Å². The van der Waals surface area contributed by atoms with Gasteiger partial charge in [-0.15, -0.1) is 0 Å². The average molecular weight is 254 g/mol. The zero-order chi connectivity index (χ0) is 13.4. The Hall–Kier alpha value is -2.49. The summed E-state index contributed by atoms with van der Waals surface area (Å²) in [7, 11) is 1.63. The van der Waals surface area contributed by atoms with Crippen LogP contribution in [-0.4, -0.2) is 21.6 Å². The second-order valence-electron chi connectivity index (χ2n) is 4.37. The minimum absolute atomic E-state index is 0.165. The molecule has 0 unspecified atom stereocenters. The Labute approximate surface area is 110 Å². The van der Waals surface area contributed by atoms with Crippen LogP contribution in [0.5, 0.6) is 11.6 Å². The van der Waals surface area contributed by atoms with Crippen molar-refractivity contribution in [2.45, 2.75) is 6.92 Å². The molecule has 19 heavy (non-hydrogen) atoms. The van der Waals surface area contributed by atoms with Gasteiger partial charge in [0.1, 0.15) is 17.1 Å². The summed E-state index contributed by atoms with van der Waals surface area (Å²) in [6.45, 7) is 1.94. The lowest BCUT2D eigenvalue weighted by molar-refractivity contribution is 0.415. The maximum atomic E-state index is 10.3. The highest BCUT2D eigenvalue weighted by molar-refractivity contribution is 5.69. The van der Waals surface area contributed by atoms with E-state index in [1.54, 1.807) is 11.5 Å². The van der Waals surface area contributed by atoms with E-state index >= 15 is 0 Å². The van der Waals surface area contributed by atoms with Gasteiger partial charge in [0.15, 0.2) is 0 Å². The Kier molecular flexibility index (Phi) is 2.63. The van der Waals surface area contributed by atoms with Crippen LogP contribution in [-0.2, 0) is 0 Å². The van der Waals surface area contributed by atoms with E-state index in [1.165, 1.54) is 0 Å². The lowest BCUT2D eigenvalue weighted by Gasteiger charge is -2.02. The van der Waals surface area contributed by atoms with Crippen molar-refractivity contribution in [3.05, 3.63) is 48.2 Å².